The second-order valence-electron chi connectivity index (χ2n) is 5.15. The molecule has 0 saturated heterocycles. The van der Waals surface area contributed by atoms with Gasteiger partial charge in [0.2, 0.25) is 5.91 Å². The van der Waals surface area contributed by atoms with E-state index in [2.05, 4.69) is 5.32 Å². The van der Waals surface area contributed by atoms with Gasteiger partial charge in [-0.15, -0.1) is 0 Å². The summed E-state index contributed by atoms with van der Waals surface area (Å²) in [5, 5.41) is 11.9. The van der Waals surface area contributed by atoms with E-state index in [1.165, 1.54) is 0 Å². The molecule has 2 N–H and O–H groups in total. The monoisotopic (exact) mass is 263 g/mol. The summed E-state index contributed by atoms with van der Waals surface area (Å²) in [6, 6.07) is 6.08. The van der Waals surface area contributed by atoms with Gasteiger partial charge in [-0.1, -0.05) is 32.9 Å². The van der Waals surface area contributed by atoms with E-state index in [0.29, 0.717) is 6.42 Å². The molecular formula is C15H21NO3. The molecule has 0 spiro atoms. The first kappa shape index (κ1) is 15.2. The Balaban J connectivity index is 2.61. The van der Waals surface area contributed by atoms with Crippen molar-refractivity contribution in [2.24, 2.45) is 11.8 Å². The largest absolute Gasteiger partial charge is 0.508 e. The number of nitrogens with one attached hydrogen (secondary N) is 1. The average Bonchev–Trinajstić information content (AvgIpc) is 2.39. The zero-order valence-electron chi connectivity index (χ0n) is 11.6. The van der Waals surface area contributed by atoms with Crippen LogP contribution in [0.4, 0.5) is 0 Å². The molecule has 0 bridgehead atoms. The SMILES string of the molecule is CC(C)[C@H](C)C(=O)NC(C=O)Cc1ccc(O)cc1. The highest BCUT2D eigenvalue weighted by Gasteiger charge is 2.20. The fraction of sp³-hybridized carbons (Fsp3) is 0.467. The van der Waals surface area contributed by atoms with Crippen molar-refractivity contribution in [3.8, 4) is 5.75 Å². The molecule has 4 nitrogen and oxygen atoms in total. The predicted molar refractivity (Wildman–Crippen MR) is 73.8 cm³/mol. The van der Waals surface area contributed by atoms with Crippen molar-refractivity contribution in [2.75, 3.05) is 0 Å². The third-order valence-corrected chi connectivity index (χ3v) is 3.30. The van der Waals surface area contributed by atoms with E-state index >= 15 is 0 Å². The molecule has 0 saturated carbocycles. The summed E-state index contributed by atoms with van der Waals surface area (Å²) >= 11 is 0. The van der Waals surface area contributed by atoms with Crippen molar-refractivity contribution >= 4 is 12.2 Å². The first-order chi connectivity index (χ1) is 8.93. The van der Waals surface area contributed by atoms with Crippen LogP contribution in [0.3, 0.4) is 0 Å². The second-order valence-corrected chi connectivity index (χ2v) is 5.15. The van der Waals surface area contributed by atoms with Crippen molar-refractivity contribution in [1.29, 1.82) is 0 Å². The summed E-state index contributed by atoms with van der Waals surface area (Å²) in [4.78, 5) is 22.9. The molecule has 0 aliphatic heterocycles. The zero-order valence-corrected chi connectivity index (χ0v) is 11.6. The lowest BCUT2D eigenvalue weighted by Gasteiger charge is -2.19. The number of aldehydes is 1. The second kappa shape index (κ2) is 6.92. The number of benzene rings is 1. The molecule has 1 unspecified atom stereocenters. The molecule has 0 radical (unpaired) electrons. The van der Waals surface area contributed by atoms with Gasteiger partial charge in [0.25, 0.3) is 0 Å². The van der Waals surface area contributed by atoms with Crippen molar-refractivity contribution in [3.05, 3.63) is 29.8 Å². The van der Waals surface area contributed by atoms with E-state index < -0.39 is 6.04 Å². The standard InChI is InChI=1S/C15H21NO3/c1-10(2)11(3)15(19)16-13(9-17)8-12-4-6-14(18)7-5-12/h4-7,9-11,13,18H,8H2,1-3H3,(H,16,19)/t11-,13?/m0/s1. The van der Waals surface area contributed by atoms with Crippen molar-refractivity contribution in [3.63, 3.8) is 0 Å². The normalized spacial score (nSPS) is 13.9. The highest BCUT2D eigenvalue weighted by molar-refractivity contribution is 5.81. The first-order valence-electron chi connectivity index (χ1n) is 6.47. The molecule has 19 heavy (non-hydrogen) atoms. The van der Waals surface area contributed by atoms with Crippen LogP contribution in [0.5, 0.6) is 5.75 Å². The molecule has 1 aromatic carbocycles. The minimum absolute atomic E-state index is 0.106. The van der Waals surface area contributed by atoms with Gasteiger partial charge in [-0.05, 0) is 30.0 Å². The molecule has 0 aliphatic rings. The lowest BCUT2D eigenvalue weighted by Crippen LogP contribution is -2.41. The lowest BCUT2D eigenvalue weighted by atomic mass is 9.96. The maximum absolute atomic E-state index is 11.9. The molecule has 0 aliphatic carbocycles. The summed E-state index contributed by atoms with van der Waals surface area (Å²) in [5.41, 5.74) is 0.896. The van der Waals surface area contributed by atoms with Crippen molar-refractivity contribution in [2.45, 2.75) is 33.2 Å². The Morgan fingerprint density at radius 2 is 1.84 bits per heavy atom. The number of rotatable bonds is 6. The topological polar surface area (TPSA) is 66.4 Å². The summed E-state index contributed by atoms with van der Waals surface area (Å²) in [6.07, 6.45) is 1.18. The molecule has 0 heterocycles. The Morgan fingerprint density at radius 1 is 1.26 bits per heavy atom. The summed E-state index contributed by atoms with van der Waals surface area (Å²) in [5.74, 6) is 0.193. The minimum Gasteiger partial charge on any atom is -0.508 e. The van der Waals surface area contributed by atoms with E-state index in [1.54, 1.807) is 24.3 Å². The van der Waals surface area contributed by atoms with Gasteiger partial charge in [0.05, 0.1) is 6.04 Å². The van der Waals surface area contributed by atoms with E-state index in [1.807, 2.05) is 20.8 Å². The number of phenols is 1. The van der Waals surface area contributed by atoms with Crippen LogP contribution in [0.1, 0.15) is 26.3 Å². The third-order valence-electron chi connectivity index (χ3n) is 3.30. The molecule has 4 heteroatoms. The van der Waals surface area contributed by atoms with Gasteiger partial charge in [-0.3, -0.25) is 4.79 Å². The van der Waals surface area contributed by atoms with Gasteiger partial charge in [-0.2, -0.15) is 0 Å². The lowest BCUT2D eigenvalue weighted by molar-refractivity contribution is -0.128. The molecule has 0 aromatic heterocycles. The molecule has 2 atom stereocenters. The van der Waals surface area contributed by atoms with E-state index in [4.69, 9.17) is 0 Å². The molecule has 104 valence electrons. The summed E-state index contributed by atoms with van der Waals surface area (Å²) < 4.78 is 0. The van der Waals surface area contributed by atoms with Crippen LogP contribution < -0.4 is 5.32 Å². The van der Waals surface area contributed by atoms with Crippen LogP contribution in [0.15, 0.2) is 24.3 Å². The third kappa shape index (κ3) is 4.73. The van der Waals surface area contributed by atoms with E-state index in [9.17, 15) is 14.7 Å². The molecule has 1 rings (SSSR count). The van der Waals surface area contributed by atoms with Gasteiger partial charge < -0.3 is 15.2 Å². The van der Waals surface area contributed by atoms with Crippen LogP contribution in [0.2, 0.25) is 0 Å². The first-order valence-corrected chi connectivity index (χ1v) is 6.47. The molecule has 0 fully saturated rings. The number of amides is 1. The minimum atomic E-state index is -0.529. The van der Waals surface area contributed by atoms with Crippen LogP contribution in [-0.2, 0) is 16.0 Å². The zero-order chi connectivity index (χ0) is 14.4. The number of carbonyl (C=O) groups is 2. The van der Waals surface area contributed by atoms with Gasteiger partial charge in [0.1, 0.15) is 12.0 Å². The quantitative estimate of drug-likeness (QED) is 0.770. The molecular weight excluding hydrogens is 242 g/mol. The van der Waals surface area contributed by atoms with Crippen LogP contribution in [0.25, 0.3) is 0 Å². The predicted octanol–water partition coefficient (Wildman–Crippen LogP) is 1.91. The van der Waals surface area contributed by atoms with Crippen LogP contribution >= 0.6 is 0 Å². The van der Waals surface area contributed by atoms with Gasteiger partial charge >= 0.3 is 0 Å². The van der Waals surface area contributed by atoms with Crippen molar-refractivity contribution in [1.82, 2.24) is 5.32 Å². The fourth-order valence-electron chi connectivity index (χ4n) is 1.64. The smallest absolute Gasteiger partial charge is 0.223 e. The fourth-order valence-corrected chi connectivity index (χ4v) is 1.64. The maximum Gasteiger partial charge on any atom is 0.223 e. The van der Waals surface area contributed by atoms with E-state index in [0.717, 1.165) is 11.8 Å². The summed E-state index contributed by atoms with van der Waals surface area (Å²) in [7, 11) is 0. The average molecular weight is 263 g/mol. The highest BCUT2D eigenvalue weighted by atomic mass is 16.3. The number of aromatic hydroxyl groups is 1. The molecule has 1 amide bonds. The Kier molecular flexibility index (Phi) is 5.55. The van der Waals surface area contributed by atoms with Gasteiger partial charge in [-0.25, -0.2) is 0 Å². The van der Waals surface area contributed by atoms with Gasteiger partial charge in [0, 0.05) is 5.92 Å². The van der Waals surface area contributed by atoms with Crippen LogP contribution in [0, 0.1) is 11.8 Å². The number of hydrogen-bond donors (Lipinski definition) is 2. The highest BCUT2D eigenvalue weighted by Crippen LogP contribution is 2.12. The summed E-state index contributed by atoms with van der Waals surface area (Å²) in [6.45, 7) is 5.79. The Labute approximate surface area is 113 Å². The Bertz CT molecular complexity index is 426. The maximum atomic E-state index is 11.9. The van der Waals surface area contributed by atoms with Gasteiger partial charge in [0.15, 0.2) is 0 Å². The van der Waals surface area contributed by atoms with Crippen LogP contribution in [-0.4, -0.2) is 23.3 Å². The Morgan fingerprint density at radius 3 is 2.32 bits per heavy atom. The molecule has 1 aromatic rings. The number of carbonyl (C=O) groups excluding carboxylic acids is 2. The number of phenolic OH excluding ortho intramolecular Hbond substituents is 1. The van der Waals surface area contributed by atoms with Crippen molar-refractivity contribution < 1.29 is 14.7 Å². The van der Waals surface area contributed by atoms with E-state index in [-0.39, 0.29) is 23.5 Å². The number of hydrogen-bond acceptors (Lipinski definition) is 3. The Hall–Kier alpha value is -1.84.